The second-order valence-corrected chi connectivity index (χ2v) is 10.6. The van der Waals surface area contributed by atoms with Crippen LogP contribution in [0.5, 0.6) is 0 Å². The number of hydrogen-bond acceptors (Lipinski definition) is 5. The smallest absolute Gasteiger partial charge is 0.255 e. The van der Waals surface area contributed by atoms with Gasteiger partial charge in [0.05, 0.1) is 17.5 Å². The first-order chi connectivity index (χ1) is 15.8. The number of nitrogens with one attached hydrogen (secondary N) is 1. The summed E-state index contributed by atoms with van der Waals surface area (Å²) in [5.74, 6) is -0.306. The van der Waals surface area contributed by atoms with Crippen LogP contribution in [0, 0.1) is 0 Å². The quantitative estimate of drug-likeness (QED) is 0.700. The van der Waals surface area contributed by atoms with Crippen LogP contribution < -0.4 is 5.32 Å². The van der Waals surface area contributed by atoms with Gasteiger partial charge in [-0.15, -0.1) is 0 Å². The summed E-state index contributed by atoms with van der Waals surface area (Å²) in [6, 6.07) is 14.5. The van der Waals surface area contributed by atoms with E-state index in [9.17, 15) is 18.0 Å². The van der Waals surface area contributed by atoms with Gasteiger partial charge in [-0.3, -0.25) is 14.5 Å². The number of anilines is 1. The van der Waals surface area contributed by atoms with E-state index in [0.717, 1.165) is 31.5 Å². The Morgan fingerprint density at radius 2 is 1.52 bits per heavy atom. The normalized spacial score (nSPS) is 17.8. The lowest BCUT2D eigenvalue weighted by molar-refractivity contribution is 0.0794. The summed E-state index contributed by atoms with van der Waals surface area (Å²) in [7, 11) is -3.14. The van der Waals surface area contributed by atoms with Crippen LogP contribution in [0.1, 0.15) is 39.1 Å². The lowest BCUT2D eigenvalue weighted by Gasteiger charge is -2.33. The monoisotopic (exact) mass is 470 g/mol. The fraction of sp³-hybridized carbons (Fsp3) is 0.417. The molecule has 0 aromatic heterocycles. The average molecular weight is 471 g/mol. The van der Waals surface area contributed by atoms with Crippen LogP contribution in [0.4, 0.5) is 5.69 Å². The minimum Gasteiger partial charge on any atom is -0.339 e. The van der Waals surface area contributed by atoms with Crippen LogP contribution >= 0.6 is 0 Å². The molecule has 0 atom stereocenters. The molecule has 176 valence electrons. The SMILES string of the molecule is CS(=O)(=O)N1CCN(Cc2ccc(C(=O)Nc3ccccc3C(=O)N3CCCC3)cc2)CC1. The summed E-state index contributed by atoms with van der Waals surface area (Å²) < 4.78 is 24.8. The largest absolute Gasteiger partial charge is 0.339 e. The molecular formula is C24H30N4O4S. The van der Waals surface area contributed by atoms with Crippen LogP contribution in [-0.4, -0.2) is 79.9 Å². The van der Waals surface area contributed by atoms with Crippen LogP contribution in [0.25, 0.3) is 0 Å². The van der Waals surface area contributed by atoms with E-state index in [-0.39, 0.29) is 11.8 Å². The van der Waals surface area contributed by atoms with Crippen molar-refractivity contribution in [3.05, 3.63) is 65.2 Å². The maximum Gasteiger partial charge on any atom is 0.255 e. The number of likely N-dealkylation sites (tertiary alicyclic amines) is 1. The Balaban J connectivity index is 1.36. The highest BCUT2D eigenvalue weighted by atomic mass is 32.2. The Hall–Kier alpha value is -2.75. The molecule has 8 nitrogen and oxygen atoms in total. The van der Waals surface area contributed by atoms with Gasteiger partial charge in [-0.25, -0.2) is 8.42 Å². The van der Waals surface area contributed by atoms with Crippen molar-refractivity contribution in [2.45, 2.75) is 19.4 Å². The van der Waals surface area contributed by atoms with Crippen LogP contribution in [0.3, 0.4) is 0 Å². The van der Waals surface area contributed by atoms with Gasteiger partial charge in [-0.05, 0) is 42.7 Å². The Morgan fingerprint density at radius 3 is 2.15 bits per heavy atom. The summed E-state index contributed by atoms with van der Waals surface area (Å²) >= 11 is 0. The molecule has 2 amide bonds. The third kappa shape index (κ3) is 5.79. The number of para-hydroxylation sites is 1. The molecule has 0 spiro atoms. The predicted molar refractivity (Wildman–Crippen MR) is 128 cm³/mol. The molecule has 4 rings (SSSR count). The second kappa shape index (κ2) is 10.0. The maximum absolute atomic E-state index is 12.8. The predicted octanol–water partition coefficient (Wildman–Crippen LogP) is 2.25. The summed E-state index contributed by atoms with van der Waals surface area (Å²) in [5.41, 5.74) is 2.61. The number of carbonyl (C=O) groups excluding carboxylic acids is 2. The molecule has 0 unspecified atom stereocenters. The fourth-order valence-electron chi connectivity index (χ4n) is 4.30. The number of piperazine rings is 1. The topological polar surface area (TPSA) is 90.0 Å². The van der Waals surface area contributed by atoms with E-state index in [1.54, 1.807) is 24.3 Å². The van der Waals surface area contributed by atoms with E-state index in [2.05, 4.69) is 10.2 Å². The van der Waals surface area contributed by atoms with E-state index >= 15 is 0 Å². The Labute approximate surface area is 195 Å². The van der Waals surface area contributed by atoms with Crippen molar-refractivity contribution in [2.24, 2.45) is 0 Å². The lowest BCUT2D eigenvalue weighted by atomic mass is 10.1. The molecule has 1 N–H and O–H groups in total. The number of benzene rings is 2. The first-order valence-electron chi connectivity index (χ1n) is 11.3. The summed E-state index contributed by atoms with van der Waals surface area (Å²) in [6.45, 7) is 4.56. The van der Waals surface area contributed by atoms with Crippen molar-refractivity contribution in [3.63, 3.8) is 0 Å². The van der Waals surface area contributed by atoms with Crippen molar-refractivity contribution < 1.29 is 18.0 Å². The number of amides is 2. The van der Waals surface area contributed by atoms with Gasteiger partial charge in [-0.2, -0.15) is 4.31 Å². The van der Waals surface area contributed by atoms with Crippen LogP contribution in [0.15, 0.2) is 48.5 Å². The third-order valence-electron chi connectivity index (χ3n) is 6.22. The van der Waals surface area contributed by atoms with Gasteiger partial charge in [0.15, 0.2) is 0 Å². The van der Waals surface area contributed by atoms with Gasteiger partial charge in [-0.1, -0.05) is 24.3 Å². The number of sulfonamides is 1. The molecule has 33 heavy (non-hydrogen) atoms. The van der Waals surface area contributed by atoms with E-state index in [1.807, 2.05) is 29.2 Å². The molecule has 2 aliphatic rings. The molecular weight excluding hydrogens is 440 g/mol. The fourth-order valence-corrected chi connectivity index (χ4v) is 5.13. The van der Waals surface area contributed by atoms with Crippen molar-refractivity contribution >= 4 is 27.5 Å². The van der Waals surface area contributed by atoms with Gasteiger partial charge < -0.3 is 10.2 Å². The number of nitrogens with zero attached hydrogens (tertiary/aromatic N) is 3. The lowest BCUT2D eigenvalue weighted by Crippen LogP contribution is -2.47. The Bertz CT molecular complexity index is 1100. The number of carbonyl (C=O) groups is 2. The van der Waals surface area contributed by atoms with Gasteiger partial charge >= 0.3 is 0 Å². The maximum atomic E-state index is 12.8. The van der Waals surface area contributed by atoms with Crippen molar-refractivity contribution in [1.82, 2.24) is 14.1 Å². The first-order valence-corrected chi connectivity index (χ1v) is 13.1. The molecule has 0 aliphatic carbocycles. The van der Waals surface area contributed by atoms with Crippen LogP contribution in [-0.2, 0) is 16.6 Å². The van der Waals surface area contributed by atoms with Gasteiger partial charge in [0.25, 0.3) is 11.8 Å². The molecule has 2 aromatic rings. The van der Waals surface area contributed by atoms with E-state index in [0.29, 0.717) is 49.5 Å². The zero-order valence-electron chi connectivity index (χ0n) is 18.9. The Morgan fingerprint density at radius 1 is 0.879 bits per heavy atom. The molecule has 0 bridgehead atoms. The summed E-state index contributed by atoms with van der Waals surface area (Å²) in [6.07, 6.45) is 3.27. The minimum atomic E-state index is -3.14. The minimum absolute atomic E-state index is 0.0466. The zero-order chi connectivity index (χ0) is 23.4. The van der Waals surface area contributed by atoms with Crippen molar-refractivity contribution in [1.29, 1.82) is 0 Å². The average Bonchev–Trinajstić information content (AvgIpc) is 3.34. The summed E-state index contributed by atoms with van der Waals surface area (Å²) in [5, 5.41) is 2.89. The van der Waals surface area contributed by atoms with Gasteiger partial charge in [0, 0.05) is 51.4 Å². The molecule has 2 aromatic carbocycles. The van der Waals surface area contributed by atoms with E-state index in [4.69, 9.17) is 0 Å². The molecule has 2 aliphatic heterocycles. The highest BCUT2D eigenvalue weighted by Gasteiger charge is 2.24. The van der Waals surface area contributed by atoms with Crippen molar-refractivity contribution in [3.8, 4) is 0 Å². The number of rotatable bonds is 6. The second-order valence-electron chi connectivity index (χ2n) is 8.63. The molecule has 0 saturated carbocycles. The van der Waals surface area contributed by atoms with E-state index in [1.165, 1.54) is 10.6 Å². The van der Waals surface area contributed by atoms with Gasteiger partial charge in [0.2, 0.25) is 10.0 Å². The third-order valence-corrected chi connectivity index (χ3v) is 7.52. The molecule has 2 fully saturated rings. The first kappa shape index (κ1) is 23.4. The molecule has 9 heteroatoms. The van der Waals surface area contributed by atoms with E-state index < -0.39 is 10.0 Å². The summed E-state index contributed by atoms with van der Waals surface area (Å²) in [4.78, 5) is 29.7. The standard InChI is InChI=1S/C24H30N4O4S/c1-33(31,32)28-16-14-26(15-17-28)18-19-8-10-20(11-9-19)23(29)25-22-7-3-2-6-21(22)24(30)27-12-4-5-13-27/h2-3,6-11H,4-5,12-18H2,1H3,(H,25,29). The molecule has 0 radical (unpaired) electrons. The Kier molecular flexibility index (Phi) is 7.11. The zero-order valence-corrected chi connectivity index (χ0v) is 19.7. The highest BCUT2D eigenvalue weighted by Crippen LogP contribution is 2.21. The van der Waals surface area contributed by atoms with Gasteiger partial charge in [0.1, 0.15) is 0 Å². The molecule has 2 saturated heterocycles. The van der Waals surface area contributed by atoms with Crippen molar-refractivity contribution in [2.75, 3.05) is 50.8 Å². The van der Waals surface area contributed by atoms with Crippen LogP contribution in [0.2, 0.25) is 0 Å². The highest BCUT2D eigenvalue weighted by molar-refractivity contribution is 7.88. The number of hydrogen-bond donors (Lipinski definition) is 1. The molecule has 2 heterocycles.